The standard InChI is InChI=1S/C19H14BrClO4/c1-23-17-9-11(8-15(20)18(17)24-2)7-13-10-16(25-19(13)22)12-3-5-14(21)6-4-12/h3-10H,1-2H3/b13-7-. The molecular weight excluding hydrogens is 408 g/mol. The summed E-state index contributed by atoms with van der Waals surface area (Å²) in [5.74, 6) is 1.25. The molecule has 2 aromatic rings. The molecule has 0 N–H and O–H groups in total. The molecule has 1 heterocycles. The molecule has 0 unspecified atom stereocenters. The van der Waals surface area contributed by atoms with Crippen molar-refractivity contribution in [3.63, 3.8) is 0 Å². The molecule has 6 heteroatoms. The molecule has 0 bridgehead atoms. The lowest BCUT2D eigenvalue weighted by molar-refractivity contribution is -0.130. The maximum absolute atomic E-state index is 12.2. The number of carbonyl (C=O) groups is 1. The van der Waals surface area contributed by atoms with E-state index in [0.717, 1.165) is 15.6 Å². The van der Waals surface area contributed by atoms with Crippen molar-refractivity contribution in [3.05, 3.63) is 68.7 Å². The first kappa shape index (κ1) is 17.6. The number of hydrogen-bond donors (Lipinski definition) is 0. The minimum absolute atomic E-state index is 0.407. The van der Waals surface area contributed by atoms with Gasteiger partial charge in [0.2, 0.25) is 0 Å². The second-order valence-corrected chi connectivity index (χ2v) is 6.53. The number of ether oxygens (including phenoxy) is 3. The summed E-state index contributed by atoms with van der Waals surface area (Å²) in [4.78, 5) is 12.2. The quantitative estimate of drug-likeness (QED) is 0.509. The molecule has 3 rings (SSSR count). The van der Waals surface area contributed by atoms with Crippen LogP contribution >= 0.6 is 27.5 Å². The molecule has 1 aliphatic rings. The molecule has 25 heavy (non-hydrogen) atoms. The summed E-state index contributed by atoms with van der Waals surface area (Å²) in [6, 6.07) is 10.7. The van der Waals surface area contributed by atoms with E-state index in [-0.39, 0.29) is 0 Å². The lowest BCUT2D eigenvalue weighted by Crippen LogP contribution is -1.97. The number of carbonyl (C=O) groups excluding carboxylic acids is 1. The van der Waals surface area contributed by atoms with Gasteiger partial charge in [-0.05, 0) is 70.0 Å². The van der Waals surface area contributed by atoms with Crippen LogP contribution in [0.2, 0.25) is 5.02 Å². The topological polar surface area (TPSA) is 44.8 Å². The van der Waals surface area contributed by atoms with Gasteiger partial charge in [-0.25, -0.2) is 4.79 Å². The van der Waals surface area contributed by atoms with E-state index < -0.39 is 5.97 Å². The highest BCUT2D eigenvalue weighted by Gasteiger charge is 2.22. The third-order valence-electron chi connectivity index (χ3n) is 3.63. The van der Waals surface area contributed by atoms with Crippen molar-refractivity contribution in [1.82, 2.24) is 0 Å². The predicted molar refractivity (Wildman–Crippen MR) is 101 cm³/mol. The van der Waals surface area contributed by atoms with E-state index in [9.17, 15) is 4.79 Å². The highest BCUT2D eigenvalue weighted by atomic mass is 79.9. The number of esters is 1. The molecule has 0 amide bonds. The van der Waals surface area contributed by atoms with Crippen LogP contribution in [0, 0.1) is 0 Å². The van der Waals surface area contributed by atoms with Crippen LogP contribution in [0.1, 0.15) is 11.1 Å². The zero-order valence-electron chi connectivity index (χ0n) is 13.5. The van der Waals surface area contributed by atoms with Gasteiger partial charge in [-0.15, -0.1) is 0 Å². The first-order chi connectivity index (χ1) is 12.0. The van der Waals surface area contributed by atoms with E-state index >= 15 is 0 Å². The smallest absolute Gasteiger partial charge is 0.343 e. The average Bonchev–Trinajstić information content (AvgIpc) is 2.95. The Morgan fingerprint density at radius 1 is 1.12 bits per heavy atom. The first-order valence-electron chi connectivity index (χ1n) is 7.35. The third kappa shape index (κ3) is 3.72. The minimum atomic E-state index is -0.407. The lowest BCUT2D eigenvalue weighted by atomic mass is 10.1. The van der Waals surface area contributed by atoms with Crippen LogP contribution in [0.3, 0.4) is 0 Å². The van der Waals surface area contributed by atoms with Crippen molar-refractivity contribution >= 4 is 45.3 Å². The van der Waals surface area contributed by atoms with Crippen molar-refractivity contribution in [2.45, 2.75) is 0 Å². The zero-order chi connectivity index (χ0) is 18.0. The van der Waals surface area contributed by atoms with E-state index in [1.165, 1.54) is 0 Å². The van der Waals surface area contributed by atoms with Gasteiger partial charge < -0.3 is 14.2 Å². The second-order valence-electron chi connectivity index (χ2n) is 5.24. The largest absolute Gasteiger partial charge is 0.493 e. The van der Waals surface area contributed by atoms with Crippen LogP contribution in [0.5, 0.6) is 11.5 Å². The molecular formula is C19H14BrClO4. The number of cyclic esters (lactones) is 1. The molecule has 0 aliphatic carbocycles. The summed E-state index contributed by atoms with van der Waals surface area (Å²) >= 11 is 9.33. The molecule has 1 aliphatic heterocycles. The highest BCUT2D eigenvalue weighted by Crippen LogP contribution is 2.37. The Kier molecular flexibility index (Phi) is 5.16. The van der Waals surface area contributed by atoms with Crippen molar-refractivity contribution in [2.24, 2.45) is 0 Å². The summed E-state index contributed by atoms with van der Waals surface area (Å²) < 4.78 is 16.7. The van der Waals surface area contributed by atoms with Crippen LogP contribution in [-0.4, -0.2) is 20.2 Å². The molecule has 0 aromatic heterocycles. The number of hydrogen-bond acceptors (Lipinski definition) is 4. The van der Waals surface area contributed by atoms with E-state index in [2.05, 4.69) is 15.9 Å². The molecule has 0 radical (unpaired) electrons. The van der Waals surface area contributed by atoms with Gasteiger partial charge in [-0.1, -0.05) is 11.6 Å². The Morgan fingerprint density at radius 2 is 1.84 bits per heavy atom. The number of rotatable bonds is 4. The van der Waals surface area contributed by atoms with E-state index in [1.54, 1.807) is 56.7 Å². The highest BCUT2D eigenvalue weighted by molar-refractivity contribution is 9.10. The molecule has 0 atom stereocenters. The fourth-order valence-electron chi connectivity index (χ4n) is 2.45. The third-order valence-corrected chi connectivity index (χ3v) is 4.47. The fourth-order valence-corrected chi connectivity index (χ4v) is 3.19. The van der Waals surface area contributed by atoms with Crippen molar-refractivity contribution < 1.29 is 19.0 Å². The Balaban J connectivity index is 1.97. The van der Waals surface area contributed by atoms with Gasteiger partial charge in [-0.2, -0.15) is 0 Å². The first-order valence-corrected chi connectivity index (χ1v) is 8.52. The molecule has 0 saturated heterocycles. The number of halogens is 2. The zero-order valence-corrected chi connectivity index (χ0v) is 15.8. The summed E-state index contributed by atoms with van der Waals surface area (Å²) in [5.41, 5.74) is 2.02. The van der Waals surface area contributed by atoms with Crippen molar-refractivity contribution in [3.8, 4) is 11.5 Å². The van der Waals surface area contributed by atoms with E-state index in [4.69, 9.17) is 25.8 Å². The van der Waals surface area contributed by atoms with Gasteiger partial charge in [0.25, 0.3) is 0 Å². The van der Waals surface area contributed by atoms with Gasteiger partial charge in [0.15, 0.2) is 11.5 Å². The molecule has 128 valence electrons. The number of benzene rings is 2. The van der Waals surface area contributed by atoms with Gasteiger partial charge >= 0.3 is 5.97 Å². The van der Waals surface area contributed by atoms with Crippen molar-refractivity contribution in [1.29, 1.82) is 0 Å². The minimum Gasteiger partial charge on any atom is -0.493 e. The molecule has 2 aromatic carbocycles. The molecule has 0 saturated carbocycles. The molecule has 0 spiro atoms. The normalized spacial score (nSPS) is 15.1. The average molecular weight is 422 g/mol. The Labute approximate surface area is 158 Å². The van der Waals surface area contributed by atoms with E-state index in [0.29, 0.717) is 27.9 Å². The second kappa shape index (κ2) is 7.33. The Morgan fingerprint density at radius 3 is 2.48 bits per heavy atom. The van der Waals surface area contributed by atoms with Crippen molar-refractivity contribution in [2.75, 3.05) is 14.2 Å². The lowest BCUT2D eigenvalue weighted by Gasteiger charge is -2.10. The molecule has 4 nitrogen and oxygen atoms in total. The van der Waals surface area contributed by atoms with Crippen LogP contribution < -0.4 is 9.47 Å². The van der Waals surface area contributed by atoms with Crippen LogP contribution in [0.4, 0.5) is 0 Å². The fraction of sp³-hybridized carbons (Fsp3) is 0.105. The Bertz CT molecular complexity index is 885. The van der Waals surface area contributed by atoms with Gasteiger partial charge in [0, 0.05) is 10.6 Å². The summed E-state index contributed by atoms with van der Waals surface area (Å²) in [6.07, 6.45) is 3.44. The Hall–Kier alpha value is -2.24. The monoisotopic (exact) mass is 420 g/mol. The SMILES string of the molecule is COc1cc(/C=C2/C=C(c3ccc(Cl)cc3)OC2=O)cc(Br)c1OC. The molecule has 0 fully saturated rings. The number of methoxy groups -OCH3 is 2. The van der Waals surface area contributed by atoms with Crippen LogP contribution in [0.25, 0.3) is 11.8 Å². The summed E-state index contributed by atoms with van der Waals surface area (Å²) in [6.45, 7) is 0. The van der Waals surface area contributed by atoms with Gasteiger partial charge in [-0.3, -0.25) is 0 Å². The van der Waals surface area contributed by atoms with Crippen LogP contribution in [-0.2, 0) is 9.53 Å². The summed E-state index contributed by atoms with van der Waals surface area (Å²) in [7, 11) is 3.12. The predicted octanol–water partition coefficient (Wildman–Crippen LogP) is 5.10. The summed E-state index contributed by atoms with van der Waals surface area (Å²) in [5, 5.41) is 0.625. The van der Waals surface area contributed by atoms with Crippen LogP contribution in [0.15, 0.2) is 52.5 Å². The van der Waals surface area contributed by atoms with E-state index in [1.807, 2.05) is 6.07 Å². The maximum atomic E-state index is 12.2. The van der Waals surface area contributed by atoms with Gasteiger partial charge in [0.05, 0.1) is 24.3 Å². The maximum Gasteiger partial charge on any atom is 0.343 e. The van der Waals surface area contributed by atoms with Gasteiger partial charge in [0.1, 0.15) is 5.76 Å².